The van der Waals surface area contributed by atoms with E-state index in [2.05, 4.69) is 17.1 Å². The number of cyclic esters (lactones) is 1. The zero-order valence-corrected chi connectivity index (χ0v) is 12.1. The van der Waals surface area contributed by atoms with E-state index in [4.69, 9.17) is 9.15 Å². The molecule has 4 heteroatoms. The van der Waals surface area contributed by atoms with E-state index in [0.29, 0.717) is 5.76 Å². The zero-order valence-electron chi connectivity index (χ0n) is 12.1. The fourth-order valence-electron chi connectivity index (χ4n) is 2.47. The molecule has 0 spiro atoms. The average molecular weight is 281 g/mol. The predicted molar refractivity (Wildman–Crippen MR) is 80.0 cm³/mol. The Labute approximate surface area is 122 Å². The number of hydrogen-bond donors (Lipinski definition) is 0. The number of furan rings is 1. The highest BCUT2D eigenvalue weighted by Crippen LogP contribution is 2.23. The molecule has 1 aromatic carbocycles. The Morgan fingerprint density at radius 3 is 2.48 bits per heavy atom. The lowest BCUT2D eigenvalue weighted by molar-refractivity contribution is -0.130. The third kappa shape index (κ3) is 2.52. The van der Waals surface area contributed by atoms with Gasteiger partial charge in [0, 0.05) is 0 Å². The molecule has 2 heterocycles. The van der Waals surface area contributed by atoms with E-state index in [9.17, 15) is 4.79 Å². The molecule has 0 bridgehead atoms. The molecule has 2 aromatic rings. The molecule has 1 aliphatic rings. The van der Waals surface area contributed by atoms with Crippen molar-refractivity contribution in [3.63, 3.8) is 0 Å². The van der Waals surface area contributed by atoms with Crippen LogP contribution in [-0.4, -0.2) is 11.9 Å². The number of carbonyl (C=O) groups is 1. The third-order valence-electron chi connectivity index (χ3n) is 3.37. The Morgan fingerprint density at radius 1 is 1.14 bits per heavy atom. The summed E-state index contributed by atoms with van der Waals surface area (Å²) in [7, 11) is 0. The number of hydrogen-bond acceptors (Lipinski definition) is 4. The summed E-state index contributed by atoms with van der Waals surface area (Å²) in [4.78, 5) is 16.2. The first kappa shape index (κ1) is 13.4. The van der Waals surface area contributed by atoms with E-state index in [1.54, 1.807) is 18.2 Å². The predicted octanol–water partition coefficient (Wildman–Crippen LogP) is 3.55. The van der Waals surface area contributed by atoms with E-state index < -0.39 is 5.97 Å². The summed E-state index contributed by atoms with van der Waals surface area (Å²) in [6.07, 6.45) is 3.28. The van der Waals surface area contributed by atoms with Crippen LogP contribution in [0.25, 0.3) is 6.08 Å². The van der Waals surface area contributed by atoms with Crippen molar-refractivity contribution >= 4 is 17.9 Å². The molecule has 0 aliphatic carbocycles. The highest BCUT2D eigenvalue weighted by atomic mass is 16.6. The summed E-state index contributed by atoms with van der Waals surface area (Å²) in [5, 5.41) is 0. The first-order chi connectivity index (χ1) is 10.0. The maximum Gasteiger partial charge on any atom is 0.363 e. The lowest BCUT2D eigenvalue weighted by atomic mass is 9.99. The van der Waals surface area contributed by atoms with Gasteiger partial charge in [-0.15, -0.1) is 0 Å². The fraction of sp³-hybridized carbons (Fsp3) is 0.176. The van der Waals surface area contributed by atoms with Crippen LogP contribution in [0, 0.1) is 20.8 Å². The maximum absolute atomic E-state index is 11.9. The van der Waals surface area contributed by atoms with Crippen LogP contribution in [0.4, 0.5) is 0 Å². The van der Waals surface area contributed by atoms with Crippen molar-refractivity contribution in [2.24, 2.45) is 4.99 Å². The Hall–Kier alpha value is -2.62. The van der Waals surface area contributed by atoms with Gasteiger partial charge in [0.25, 0.3) is 5.90 Å². The molecule has 4 nitrogen and oxygen atoms in total. The van der Waals surface area contributed by atoms with Crippen molar-refractivity contribution in [3.05, 3.63) is 64.2 Å². The average Bonchev–Trinajstić information content (AvgIpc) is 3.03. The number of aryl methyl sites for hydroxylation is 3. The lowest BCUT2D eigenvalue weighted by Gasteiger charge is -2.07. The Balaban J connectivity index is 2.02. The second-order valence-electron chi connectivity index (χ2n) is 5.13. The van der Waals surface area contributed by atoms with Crippen LogP contribution >= 0.6 is 0 Å². The summed E-state index contributed by atoms with van der Waals surface area (Å²) in [6.45, 7) is 6.08. The molecule has 0 radical (unpaired) electrons. The molecule has 0 saturated heterocycles. The van der Waals surface area contributed by atoms with Gasteiger partial charge in [0.15, 0.2) is 11.5 Å². The van der Waals surface area contributed by atoms with Crippen molar-refractivity contribution in [1.29, 1.82) is 0 Å². The number of aliphatic imine (C=N–C) groups is 1. The van der Waals surface area contributed by atoms with E-state index in [1.807, 2.05) is 20.8 Å². The molecule has 3 rings (SSSR count). The summed E-state index contributed by atoms with van der Waals surface area (Å²) < 4.78 is 10.3. The second kappa shape index (κ2) is 5.05. The van der Waals surface area contributed by atoms with Crippen molar-refractivity contribution in [3.8, 4) is 0 Å². The minimum Gasteiger partial charge on any atom is -0.459 e. The van der Waals surface area contributed by atoms with Crippen LogP contribution in [-0.2, 0) is 9.53 Å². The van der Waals surface area contributed by atoms with Gasteiger partial charge < -0.3 is 9.15 Å². The highest BCUT2D eigenvalue weighted by molar-refractivity contribution is 6.12. The molecule has 106 valence electrons. The molecule has 1 aliphatic heterocycles. The SMILES string of the molecule is Cc1cc(C)c(/C=C2\N=C(c3ccco3)OC2=O)c(C)c1. The highest BCUT2D eigenvalue weighted by Gasteiger charge is 2.26. The van der Waals surface area contributed by atoms with E-state index in [1.165, 1.54) is 11.8 Å². The summed E-state index contributed by atoms with van der Waals surface area (Å²) in [5.74, 6) is 0.198. The van der Waals surface area contributed by atoms with Gasteiger partial charge in [0.2, 0.25) is 0 Å². The van der Waals surface area contributed by atoms with Gasteiger partial charge in [-0.25, -0.2) is 9.79 Å². The number of esters is 1. The first-order valence-electron chi connectivity index (χ1n) is 6.69. The normalized spacial score (nSPS) is 16.2. The number of ether oxygens (including phenoxy) is 1. The second-order valence-corrected chi connectivity index (χ2v) is 5.13. The molecule has 0 fully saturated rings. The Kier molecular flexibility index (Phi) is 3.22. The van der Waals surface area contributed by atoms with Crippen molar-refractivity contribution in [2.75, 3.05) is 0 Å². The molecule has 0 N–H and O–H groups in total. The summed E-state index contributed by atoms with van der Waals surface area (Å²) in [5.41, 5.74) is 4.69. The number of rotatable bonds is 2. The summed E-state index contributed by atoms with van der Waals surface area (Å²) in [6, 6.07) is 7.59. The largest absolute Gasteiger partial charge is 0.459 e. The maximum atomic E-state index is 11.9. The van der Waals surface area contributed by atoms with Gasteiger partial charge in [0.1, 0.15) is 0 Å². The van der Waals surface area contributed by atoms with Gasteiger partial charge in [-0.2, -0.15) is 0 Å². The molecule has 0 unspecified atom stereocenters. The monoisotopic (exact) mass is 281 g/mol. The van der Waals surface area contributed by atoms with Crippen molar-refractivity contribution in [2.45, 2.75) is 20.8 Å². The van der Waals surface area contributed by atoms with Crippen LogP contribution in [0.1, 0.15) is 28.0 Å². The van der Waals surface area contributed by atoms with Gasteiger partial charge >= 0.3 is 5.97 Å². The molecule has 0 atom stereocenters. The van der Waals surface area contributed by atoms with Gasteiger partial charge in [-0.3, -0.25) is 0 Å². The minimum atomic E-state index is -0.458. The number of nitrogens with zero attached hydrogens (tertiary/aromatic N) is 1. The van der Waals surface area contributed by atoms with Crippen LogP contribution in [0.5, 0.6) is 0 Å². The van der Waals surface area contributed by atoms with Crippen LogP contribution in [0.2, 0.25) is 0 Å². The summed E-state index contributed by atoms with van der Waals surface area (Å²) >= 11 is 0. The van der Waals surface area contributed by atoms with Crippen LogP contribution in [0.3, 0.4) is 0 Å². The topological polar surface area (TPSA) is 51.8 Å². The van der Waals surface area contributed by atoms with Crippen LogP contribution < -0.4 is 0 Å². The third-order valence-corrected chi connectivity index (χ3v) is 3.37. The Morgan fingerprint density at radius 2 is 1.86 bits per heavy atom. The quantitative estimate of drug-likeness (QED) is 0.625. The molecule has 1 aromatic heterocycles. The zero-order chi connectivity index (χ0) is 15.0. The molecule has 0 saturated carbocycles. The smallest absolute Gasteiger partial charge is 0.363 e. The minimum absolute atomic E-state index is 0.207. The van der Waals surface area contributed by atoms with Crippen LogP contribution in [0.15, 0.2) is 45.6 Å². The lowest BCUT2D eigenvalue weighted by Crippen LogP contribution is -2.04. The van der Waals surface area contributed by atoms with Crippen molar-refractivity contribution in [1.82, 2.24) is 0 Å². The number of benzene rings is 1. The molecule has 0 amide bonds. The Bertz CT molecular complexity index is 744. The number of carbonyl (C=O) groups excluding carboxylic acids is 1. The molecule has 21 heavy (non-hydrogen) atoms. The van der Waals surface area contributed by atoms with Crippen molar-refractivity contribution < 1.29 is 13.9 Å². The van der Waals surface area contributed by atoms with E-state index in [0.717, 1.165) is 16.7 Å². The van der Waals surface area contributed by atoms with Gasteiger partial charge in [-0.1, -0.05) is 17.7 Å². The fourth-order valence-corrected chi connectivity index (χ4v) is 2.47. The first-order valence-corrected chi connectivity index (χ1v) is 6.69. The van der Waals surface area contributed by atoms with E-state index >= 15 is 0 Å². The van der Waals surface area contributed by atoms with Gasteiger partial charge in [-0.05, 0) is 55.7 Å². The van der Waals surface area contributed by atoms with Gasteiger partial charge in [0.05, 0.1) is 6.26 Å². The van der Waals surface area contributed by atoms with E-state index in [-0.39, 0.29) is 11.6 Å². The standard InChI is InChI=1S/C17H15NO3/c1-10-7-11(2)13(12(3)8-10)9-14-17(19)21-16(18-14)15-5-4-6-20-15/h4-9H,1-3H3/b14-9-. The molecular formula is C17H15NO3. The molecular weight excluding hydrogens is 266 g/mol.